The molecule has 2 aromatic carbocycles. The normalized spacial score (nSPS) is 11.3. The third-order valence-corrected chi connectivity index (χ3v) is 5.39. The zero-order chi connectivity index (χ0) is 18.2. The summed E-state index contributed by atoms with van der Waals surface area (Å²) in [5.41, 5.74) is 4.02. The Morgan fingerprint density at radius 1 is 1.07 bits per heavy atom. The number of nitrogens with one attached hydrogen (secondary N) is 1. The summed E-state index contributed by atoms with van der Waals surface area (Å²) >= 11 is 1.62. The lowest BCUT2D eigenvalue weighted by Gasteiger charge is -2.04. The van der Waals surface area contributed by atoms with Crippen LogP contribution >= 0.6 is 11.3 Å². The second kappa shape index (κ2) is 6.44. The van der Waals surface area contributed by atoms with Gasteiger partial charge < -0.3 is 5.32 Å². The fourth-order valence-electron chi connectivity index (χ4n) is 3.05. The van der Waals surface area contributed by atoms with Crippen LogP contribution in [0.15, 0.2) is 61.1 Å². The van der Waals surface area contributed by atoms with Gasteiger partial charge in [-0.25, -0.2) is 19.6 Å². The maximum absolute atomic E-state index is 4.67. The molecule has 0 radical (unpaired) electrons. The van der Waals surface area contributed by atoms with Crippen molar-refractivity contribution in [1.82, 2.24) is 24.7 Å². The Hall–Kier alpha value is -3.32. The number of rotatable bonds is 4. The van der Waals surface area contributed by atoms with E-state index in [1.165, 1.54) is 10.3 Å². The number of aryl methyl sites for hydroxylation is 1. The first kappa shape index (κ1) is 15.9. The summed E-state index contributed by atoms with van der Waals surface area (Å²) in [6.45, 7) is 2.16. The summed E-state index contributed by atoms with van der Waals surface area (Å²) in [6.07, 6.45) is 4.35. The number of aromatic nitrogens is 5. The van der Waals surface area contributed by atoms with Gasteiger partial charge in [-0.15, -0.1) is 0 Å². The predicted octanol–water partition coefficient (Wildman–Crippen LogP) is 4.73. The van der Waals surface area contributed by atoms with Gasteiger partial charge in [0.05, 0.1) is 27.5 Å². The number of hydrogen-bond donors (Lipinski definition) is 1. The summed E-state index contributed by atoms with van der Waals surface area (Å²) in [7, 11) is 0. The Bertz CT molecular complexity index is 1240. The van der Waals surface area contributed by atoms with Crippen molar-refractivity contribution in [3.05, 3.63) is 66.6 Å². The monoisotopic (exact) mass is 372 g/mol. The minimum Gasteiger partial charge on any atom is -0.315 e. The molecule has 0 aliphatic rings. The number of thiazole rings is 1. The summed E-state index contributed by atoms with van der Waals surface area (Å²) in [5.74, 6) is 0.706. The van der Waals surface area contributed by atoms with E-state index in [2.05, 4.69) is 50.5 Å². The van der Waals surface area contributed by atoms with Gasteiger partial charge in [0, 0.05) is 0 Å². The Morgan fingerprint density at radius 2 is 1.96 bits per heavy atom. The number of benzene rings is 2. The molecule has 27 heavy (non-hydrogen) atoms. The molecule has 0 unspecified atom stereocenters. The Labute approximate surface area is 159 Å². The molecule has 0 bridgehead atoms. The molecule has 3 heterocycles. The molecule has 0 aliphatic heterocycles. The molecule has 5 rings (SSSR count). The second-order valence-electron chi connectivity index (χ2n) is 6.15. The number of nitrogens with zero attached hydrogens (tertiary/aromatic N) is 5. The number of anilines is 2. The molecule has 0 atom stereocenters. The summed E-state index contributed by atoms with van der Waals surface area (Å²) in [5, 5.41) is 9.50. The van der Waals surface area contributed by atoms with E-state index in [4.69, 9.17) is 0 Å². The van der Waals surface area contributed by atoms with Gasteiger partial charge in [-0.1, -0.05) is 42.5 Å². The largest absolute Gasteiger partial charge is 0.315 e. The molecule has 0 fully saturated rings. The van der Waals surface area contributed by atoms with E-state index in [9.17, 15) is 0 Å². The van der Waals surface area contributed by atoms with E-state index >= 15 is 0 Å². The van der Waals surface area contributed by atoms with E-state index in [0.717, 1.165) is 33.8 Å². The molecule has 1 N–H and O–H groups in total. The molecule has 6 nitrogen and oxygen atoms in total. The van der Waals surface area contributed by atoms with E-state index in [0.29, 0.717) is 5.82 Å². The third kappa shape index (κ3) is 2.82. The van der Waals surface area contributed by atoms with Gasteiger partial charge in [-0.2, -0.15) is 5.10 Å². The van der Waals surface area contributed by atoms with E-state index in [1.54, 1.807) is 23.9 Å². The van der Waals surface area contributed by atoms with Crippen molar-refractivity contribution in [2.24, 2.45) is 0 Å². The smallest absolute Gasteiger partial charge is 0.189 e. The fourth-order valence-corrected chi connectivity index (χ4v) is 3.97. The molecule has 7 heteroatoms. The zero-order valence-electron chi connectivity index (χ0n) is 14.6. The van der Waals surface area contributed by atoms with Crippen molar-refractivity contribution in [1.29, 1.82) is 0 Å². The lowest BCUT2D eigenvalue weighted by atomic mass is 10.2. The van der Waals surface area contributed by atoms with Crippen LogP contribution in [0.5, 0.6) is 0 Å². The molecule has 5 aromatic rings. The van der Waals surface area contributed by atoms with Crippen LogP contribution < -0.4 is 5.32 Å². The highest BCUT2D eigenvalue weighted by atomic mass is 32.1. The third-order valence-electron chi connectivity index (χ3n) is 4.45. The summed E-state index contributed by atoms with van der Waals surface area (Å²) in [4.78, 5) is 13.5. The lowest BCUT2D eigenvalue weighted by molar-refractivity contribution is 0.895. The van der Waals surface area contributed by atoms with Crippen LogP contribution in [0.2, 0.25) is 0 Å². The van der Waals surface area contributed by atoms with Crippen LogP contribution in [0.3, 0.4) is 0 Å². The van der Waals surface area contributed by atoms with Gasteiger partial charge in [0.1, 0.15) is 12.1 Å². The van der Waals surface area contributed by atoms with Gasteiger partial charge in [-0.05, 0) is 36.2 Å². The van der Waals surface area contributed by atoms with E-state index in [1.807, 2.05) is 35.0 Å². The van der Waals surface area contributed by atoms with Crippen LogP contribution in [0.25, 0.3) is 26.9 Å². The number of para-hydroxylation sites is 1. The molecule has 0 saturated carbocycles. The highest BCUT2D eigenvalue weighted by molar-refractivity contribution is 7.22. The molecular formula is C20H16N6S. The maximum Gasteiger partial charge on any atom is 0.189 e. The van der Waals surface area contributed by atoms with Crippen molar-refractivity contribution >= 4 is 43.5 Å². The minimum absolute atomic E-state index is 0.706. The molecule has 0 amide bonds. The standard InChI is InChI=1S/C20H16N6S/c1-2-13-8-9-16-17(10-13)27-20(24-16)25-18-15-11-23-26(19(15)22-12-21-18)14-6-4-3-5-7-14/h3-12H,2H2,1H3,(H,21,22,24,25). The Kier molecular flexibility index (Phi) is 3.79. The van der Waals surface area contributed by atoms with Crippen molar-refractivity contribution in [2.75, 3.05) is 5.32 Å². The zero-order valence-corrected chi connectivity index (χ0v) is 15.4. The van der Waals surface area contributed by atoms with Crippen LogP contribution in [-0.2, 0) is 6.42 Å². The maximum atomic E-state index is 4.67. The number of fused-ring (bicyclic) bond motifs is 2. The molecule has 3 aromatic heterocycles. The van der Waals surface area contributed by atoms with Gasteiger partial charge in [-0.3, -0.25) is 0 Å². The van der Waals surface area contributed by atoms with Gasteiger partial charge >= 0.3 is 0 Å². The van der Waals surface area contributed by atoms with E-state index < -0.39 is 0 Å². The van der Waals surface area contributed by atoms with Crippen molar-refractivity contribution in [2.45, 2.75) is 13.3 Å². The highest BCUT2D eigenvalue weighted by Crippen LogP contribution is 2.31. The van der Waals surface area contributed by atoms with E-state index in [-0.39, 0.29) is 0 Å². The van der Waals surface area contributed by atoms with Crippen molar-refractivity contribution < 1.29 is 0 Å². The SMILES string of the molecule is CCc1ccc2nc(Nc3ncnc4c3cnn4-c3ccccc3)sc2c1. The highest BCUT2D eigenvalue weighted by Gasteiger charge is 2.13. The summed E-state index contributed by atoms with van der Waals surface area (Å²) in [6, 6.07) is 16.3. The minimum atomic E-state index is 0.706. The molecule has 0 spiro atoms. The van der Waals surface area contributed by atoms with Crippen LogP contribution in [0.4, 0.5) is 10.9 Å². The van der Waals surface area contributed by atoms with Crippen LogP contribution in [0.1, 0.15) is 12.5 Å². The second-order valence-corrected chi connectivity index (χ2v) is 7.18. The molecule has 0 aliphatic carbocycles. The first-order valence-corrected chi connectivity index (χ1v) is 9.54. The quantitative estimate of drug-likeness (QED) is 0.494. The average Bonchev–Trinajstić information content (AvgIpc) is 3.32. The number of hydrogen-bond acceptors (Lipinski definition) is 6. The van der Waals surface area contributed by atoms with Crippen LogP contribution in [0, 0.1) is 0 Å². The fraction of sp³-hybridized carbons (Fsp3) is 0.100. The topological polar surface area (TPSA) is 68.5 Å². The molecule has 0 saturated heterocycles. The average molecular weight is 372 g/mol. The molecular weight excluding hydrogens is 356 g/mol. The predicted molar refractivity (Wildman–Crippen MR) is 109 cm³/mol. The molecule has 132 valence electrons. The lowest BCUT2D eigenvalue weighted by Crippen LogP contribution is -1.99. The Balaban J connectivity index is 1.55. The van der Waals surface area contributed by atoms with Crippen molar-refractivity contribution in [3.8, 4) is 5.69 Å². The van der Waals surface area contributed by atoms with Gasteiger partial charge in [0.2, 0.25) is 0 Å². The van der Waals surface area contributed by atoms with Gasteiger partial charge in [0.25, 0.3) is 0 Å². The van der Waals surface area contributed by atoms with Crippen LogP contribution in [-0.4, -0.2) is 24.7 Å². The Morgan fingerprint density at radius 3 is 2.81 bits per heavy atom. The first-order chi connectivity index (χ1) is 13.3. The summed E-state index contributed by atoms with van der Waals surface area (Å²) < 4.78 is 2.98. The van der Waals surface area contributed by atoms with Gasteiger partial charge in [0.15, 0.2) is 10.8 Å². The van der Waals surface area contributed by atoms with Crippen molar-refractivity contribution in [3.63, 3.8) is 0 Å². The first-order valence-electron chi connectivity index (χ1n) is 8.72.